The van der Waals surface area contributed by atoms with Crippen LogP contribution in [0.1, 0.15) is 0 Å². The van der Waals surface area contributed by atoms with Gasteiger partial charge in [0.2, 0.25) is 0 Å². The lowest BCUT2D eigenvalue weighted by molar-refractivity contribution is 0.256. The number of benzene rings is 1. The smallest absolute Gasteiger partial charge is 0.309 e. The predicted molar refractivity (Wildman–Crippen MR) is 53.4 cm³/mol. The molecule has 6 heteroatoms. The van der Waals surface area contributed by atoms with Crippen LogP contribution in [0.25, 0.3) is 0 Å². The van der Waals surface area contributed by atoms with E-state index in [0.29, 0.717) is 17.1 Å². The van der Waals surface area contributed by atoms with Crippen LogP contribution in [-0.4, -0.2) is 6.03 Å². The minimum atomic E-state index is -0.833. The predicted octanol–water partition coefficient (Wildman–Crippen LogP) is -0.543. The van der Waals surface area contributed by atoms with Crippen molar-refractivity contribution >= 4 is 23.1 Å². The largest absolute Gasteiger partial charge is 0.399 e. The summed E-state index contributed by atoms with van der Waals surface area (Å²) in [6.07, 6.45) is 0. The molecule has 0 fully saturated rings. The van der Waals surface area contributed by atoms with Gasteiger partial charge in [0.05, 0.1) is 11.4 Å². The Labute approximate surface area is 75.7 Å². The van der Waals surface area contributed by atoms with E-state index in [1.54, 1.807) is 18.2 Å². The average Bonchev–Trinajstić information content (AvgIpc) is 1.96. The van der Waals surface area contributed by atoms with Crippen molar-refractivity contribution in [3.63, 3.8) is 0 Å². The van der Waals surface area contributed by atoms with Crippen molar-refractivity contribution in [1.29, 1.82) is 0 Å². The summed E-state index contributed by atoms with van der Waals surface area (Å²) in [4.78, 5) is 9.00. The maximum Gasteiger partial charge on any atom is 0.309 e. The average molecular weight is 183 g/mol. The molecule has 10 N–H and O–H groups in total. The second kappa shape index (κ2) is 4.70. The van der Waals surface area contributed by atoms with Crippen LogP contribution in [0.5, 0.6) is 0 Å². The Bertz CT molecular complexity index is 295. The van der Waals surface area contributed by atoms with E-state index >= 15 is 0 Å². The molecule has 0 saturated heterocycles. The maximum absolute atomic E-state index is 9.00. The number of primary amides is 2. The second-order valence-corrected chi connectivity index (χ2v) is 2.29. The summed E-state index contributed by atoms with van der Waals surface area (Å²) in [5.41, 5.74) is 26.5. The van der Waals surface area contributed by atoms with Crippen LogP contribution < -0.4 is 28.7 Å². The van der Waals surface area contributed by atoms with E-state index in [1.165, 1.54) is 0 Å². The third-order valence-corrected chi connectivity index (χ3v) is 1.11. The molecule has 0 saturated carbocycles. The Morgan fingerprint density at radius 1 is 1.00 bits per heavy atom. The molecule has 0 spiro atoms. The molecule has 0 aliphatic carbocycles. The van der Waals surface area contributed by atoms with Gasteiger partial charge in [-0.3, -0.25) is 0 Å². The Morgan fingerprint density at radius 3 is 1.77 bits per heavy atom. The minimum Gasteiger partial charge on any atom is -0.399 e. The first-order chi connectivity index (χ1) is 5.93. The topological polar surface area (TPSA) is 147 Å². The number of hydrogen-bond donors (Lipinski definition) is 5. The van der Waals surface area contributed by atoms with E-state index in [-0.39, 0.29) is 0 Å². The number of hydrogen-bond acceptors (Lipinski definition) is 4. The van der Waals surface area contributed by atoms with Crippen molar-refractivity contribution in [2.24, 2.45) is 11.5 Å². The van der Waals surface area contributed by atoms with Gasteiger partial charge in [-0.2, -0.15) is 0 Å². The van der Waals surface area contributed by atoms with Gasteiger partial charge in [0.25, 0.3) is 0 Å². The monoisotopic (exact) mass is 183 g/mol. The number of carbonyl (C=O) groups excluding carboxylic acids is 1. The molecule has 0 radical (unpaired) electrons. The third kappa shape index (κ3) is 5.19. The molecule has 6 nitrogen and oxygen atoms in total. The lowest BCUT2D eigenvalue weighted by Gasteiger charge is -1.98. The molecule has 0 unspecified atom stereocenters. The summed E-state index contributed by atoms with van der Waals surface area (Å²) < 4.78 is 0. The standard InChI is InChI=1S/C6H9N3.CH4N2O/c7-4-1-2-5(8)6(9)3-4;2-1(3)4/h1-3H,7-9H2;(H4,2,3,4). The molecule has 0 aromatic heterocycles. The molecule has 13 heavy (non-hydrogen) atoms. The summed E-state index contributed by atoms with van der Waals surface area (Å²) in [5, 5.41) is 0. The van der Waals surface area contributed by atoms with Crippen LogP contribution in [0.4, 0.5) is 21.9 Å². The summed E-state index contributed by atoms with van der Waals surface area (Å²) in [7, 11) is 0. The van der Waals surface area contributed by atoms with Gasteiger partial charge in [-0.05, 0) is 18.2 Å². The van der Waals surface area contributed by atoms with Gasteiger partial charge in [-0.15, -0.1) is 0 Å². The summed E-state index contributed by atoms with van der Waals surface area (Å²) in [6.45, 7) is 0. The van der Waals surface area contributed by atoms with E-state index in [0.717, 1.165) is 0 Å². The highest BCUT2D eigenvalue weighted by molar-refractivity contribution is 5.69. The first kappa shape index (κ1) is 10.9. The Hall–Kier alpha value is -2.11. The molecule has 0 aliphatic heterocycles. The zero-order valence-electron chi connectivity index (χ0n) is 7.03. The van der Waals surface area contributed by atoms with Crippen LogP contribution >= 0.6 is 0 Å². The zero-order chi connectivity index (χ0) is 10.4. The maximum atomic E-state index is 9.00. The normalized spacial score (nSPS) is 8.31. The number of urea groups is 1. The zero-order valence-corrected chi connectivity index (χ0v) is 7.03. The molecule has 0 aliphatic rings. The fourth-order valence-electron chi connectivity index (χ4n) is 0.593. The van der Waals surface area contributed by atoms with Gasteiger partial charge in [0, 0.05) is 5.69 Å². The molecule has 1 aromatic carbocycles. The highest BCUT2D eigenvalue weighted by atomic mass is 16.2. The van der Waals surface area contributed by atoms with Crippen molar-refractivity contribution in [2.45, 2.75) is 0 Å². The van der Waals surface area contributed by atoms with Crippen LogP contribution in [0.3, 0.4) is 0 Å². The number of carbonyl (C=O) groups is 1. The van der Waals surface area contributed by atoms with Gasteiger partial charge in [-0.25, -0.2) is 4.79 Å². The summed E-state index contributed by atoms with van der Waals surface area (Å²) >= 11 is 0. The third-order valence-electron chi connectivity index (χ3n) is 1.11. The molecule has 72 valence electrons. The first-order valence-electron chi connectivity index (χ1n) is 3.39. The van der Waals surface area contributed by atoms with Gasteiger partial charge < -0.3 is 28.7 Å². The van der Waals surface area contributed by atoms with E-state index in [2.05, 4.69) is 11.5 Å². The second-order valence-electron chi connectivity index (χ2n) is 2.29. The van der Waals surface area contributed by atoms with Crippen molar-refractivity contribution in [2.75, 3.05) is 17.2 Å². The molecule has 0 atom stereocenters. The highest BCUT2D eigenvalue weighted by Crippen LogP contribution is 2.16. The van der Waals surface area contributed by atoms with Crippen molar-refractivity contribution in [3.05, 3.63) is 18.2 Å². The lowest BCUT2D eigenvalue weighted by atomic mass is 10.2. The quantitative estimate of drug-likeness (QED) is 0.343. The molecule has 0 bridgehead atoms. The van der Waals surface area contributed by atoms with Gasteiger partial charge in [0.15, 0.2) is 0 Å². The molecule has 1 rings (SSSR count). The molecule has 2 amide bonds. The molecular formula is C7H13N5O. The van der Waals surface area contributed by atoms with Gasteiger partial charge in [0.1, 0.15) is 0 Å². The first-order valence-corrected chi connectivity index (χ1v) is 3.39. The van der Waals surface area contributed by atoms with Crippen LogP contribution in [0.15, 0.2) is 18.2 Å². The van der Waals surface area contributed by atoms with Crippen molar-refractivity contribution in [3.8, 4) is 0 Å². The lowest BCUT2D eigenvalue weighted by Crippen LogP contribution is -2.18. The fourth-order valence-corrected chi connectivity index (χ4v) is 0.593. The van der Waals surface area contributed by atoms with Crippen molar-refractivity contribution in [1.82, 2.24) is 0 Å². The SMILES string of the molecule is NC(N)=O.Nc1ccc(N)c(N)c1. The van der Waals surface area contributed by atoms with E-state index in [9.17, 15) is 0 Å². The Kier molecular flexibility index (Phi) is 3.94. The number of nitrogen functional groups attached to an aromatic ring is 3. The number of anilines is 3. The number of rotatable bonds is 0. The van der Waals surface area contributed by atoms with Gasteiger partial charge >= 0.3 is 6.03 Å². The Balaban J connectivity index is 0.000000310. The number of amides is 2. The van der Waals surface area contributed by atoms with Crippen molar-refractivity contribution < 1.29 is 4.79 Å². The number of nitrogens with two attached hydrogens (primary N) is 5. The van der Waals surface area contributed by atoms with E-state index < -0.39 is 6.03 Å². The summed E-state index contributed by atoms with van der Waals surface area (Å²) in [6, 6.07) is 4.20. The highest BCUT2D eigenvalue weighted by Gasteiger charge is 1.90. The van der Waals surface area contributed by atoms with Gasteiger partial charge in [-0.1, -0.05) is 0 Å². The van der Waals surface area contributed by atoms with Crippen LogP contribution in [-0.2, 0) is 0 Å². The molecule has 0 heterocycles. The fraction of sp³-hybridized carbons (Fsp3) is 0. The summed E-state index contributed by atoms with van der Waals surface area (Å²) in [5.74, 6) is 0. The van der Waals surface area contributed by atoms with Crippen LogP contribution in [0.2, 0.25) is 0 Å². The van der Waals surface area contributed by atoms with E-state index in [4.69, 9.17) is 22.0 Å². The van der Waals surface area contributed by atoms with E-state index in [1.807, 2.05) is 0 Å². The molecular weight excluding hydrogens is 170 g/mol. The Morgan fingerprint density at radius 2 is 1.46 bits per heavy atom. The minimum absolute atomic E-state index is 0.537. The van der Waals surface area contributed by atoms with Crippen LogP contribution in [0, 0.1) is 0 Å². The molecule has 1 aromatic rings.